The predicted octanol–water partition coefficient (Wildman–Crippen LogP) is 4.91. The molecule has 1 aromatic heterocycles. The van der Waals surface area contributed by atoms with Crippen LogP contribution in [0.25, 0.3) is 0 Å². The van der Waals surface area contributed by atoms with Gasteiger partial charge in [-0.1, -0.05) is 6.92 Å². The Bertz CT molecular complexity index is 481. The Labute approximate surface area is 120 Å². The van der Waals surface area contributed by atoms with Gasteiger partial charge in [-0.3, -0.25) is 0 Å². The maximum atomic E-state index is 5.54. The van der Waals surface area contributed by atoms with Crippen LogP contribution in [0.15, 0.2) is 39.5 Å². The highest BCUT2D eigenvalue weighted by molar-refractivity contribution is 9.11. The van der Waals surface area contributed by atoms with Crippen molar-refractivity contribution in [2.75, 3.05) is 11.9 Å². The van der Waals surface area contributed by atoms with E-state index in [0.717, 1.165) is 31.0 Å². The second-order valence-electron chi connectivity index (χ2n) is 3.99. The van der Waals surface area contributed by atoms with E-state index in [9.17, 15) is 0 Å². The van der Waals surface area contributed by atoms with Crippen LogP contribution < -0.4 is 10.1 Å². The molecule has 1 N–H and O–H groups in total. The highest BCUT2D eigenvalue weighted by Crippen LogP contribution is 2.22. The molecule has 0 atom stereocenters. The van der Waals surface area contributed by atoms with Gasteiger partial charge in [0.1, 0.15) is 5.75 Å². The molecule has 2 aromatic rings. The van der Waals surface area contributed by atoms with Crippen molar-refractivity contribution in [2.45, 2.75) is 19.9 Å². The summed E-state index contributed by atoms with van der Waals surface area (Å²) in [4.78, 5) is 0. The zero-order chi connectivity index (χ0) is 12.8. The Balaban J connectivity index is 1.86. The lowest BCUT2D eigenvalue weighted by Crippen LogP contribution is -1.98. The van der Waals surface area contributed by atoms with Crippen molar-refractivity contribution >= 4 is 33.0 Å². The average Bonchev–Trinajstić information content (AvgIpc) is 2.81. The lowest BCUT2D eigenvalue weighted by Gasteiger charge is -2.07. The van der Waals surface area contributed by atoms with Gasteiger partial charge in [-0.25, -0.2) is 0 Å². The predicted molar refractivity (Wildman–Crippen MR) is 81.6 cm³/mol. The minimum atomic E-state index is 0.774. The third-order valence-corrected chi connectivity index (χ3v) is 4.00. The smallest absolute Gasteiger partial charge is 0.119 e. The van der Waals surface area contributed by atoms with E-state index in [4.69, 9.17) is 4.74 Å². The van der Waals surface area contributed by atoms with E-state index in [0.29, 0.717) is 0 Å². The van der Waals surface area contributed by atoms with Crippen molar-refractivity contribution in [2.24, 2.45) is 0 Å². The zero-order valence-electron chi connectivity index (χ0n) is 10.3. The number of hydrogen-bond donors (Lipinski definition) is 1. The lowest BCUT2D eigenvalue weighted by atomic mass is 10.3. The van der Waals surface area contributed by atoms with Gasteiger partial charge in [0.05, 0.1) is 10.4 Å². The number of ether oxygens (including phenoxy) is 1. The first-order valence-electron chi connectivity index (χ1n) is 5.97. The van der Waals surface area contributed by atoms with E-state index in [2.05, 4.69) is 39.6 Å². The van der Waals surface area contributed by atoms with Crippen LogP contribution in [-0.4, -0.2) is 6.61 Å². The molecule has 96 valence electrons. The molecule has 0 amide bonds. The van der Waals surface area contributed by atoms with E-state index >= 15 is 0 Å². The van der Waals surface area contributed by atoms with Gasteiger partial charge in [-0.15, -0.1) is 11.3 Å². The minimum Gasteiger partial charge on any atom is -0.494 e. The second kappa shape index (κ2) is 6.81. The molecule has 0 unspecified atom stereocenters. The topological polar surface area (TPSA) is 21.3 Å². The number of anilines is 1. The first-order chi connectivity index (χ1) is 8.78. The summed E-state index contributed by atoms with van der Waals surface area (Å²) in [5.41, 5.74) is 2.40. The molecule has 0 saturated heterocycles. The number of halogens is 1. The van der Waals surface area contributed by atoms with Gasteiger partial charge in [0.25, 0.3) is 0 Å². The normalized spacial score (nSPS) is 10.3. The molecular formula is C14H16BrNOS. The Kier molecular flexibility index (Phi) is 5.08. The number of benzene rings is 1. The van der Waals surface area contributed by atoms with E-state index in [1.165, 1.54) is 9.35 Å². The van der Waals surface area contributed by atoms with Crippen molar-refractivity contribution in [3.05, 3.63) is 45.1 Å². The van der Waals surface area contributed by atoms with Gasteiger partial charge in [0.2, 0.25) is 0 Å². The standard InChI is InChI=1S/C14H16BrNOS/c1-2-7-17-13-5-3-12(4-6-13)16-9-11-8-14(15)18-10-11/h3-6,8,10,16H,2,7,9H2,1H3. The van der Waals surface area contributed by atoms with Gasteiger partial charge in [-0.2, -0.15) is 0 Å². The maximum Gasteiger partial charge on any atom is 0.119 e. The van der Waals surface area contributed by atoms with Gasteiger partial charge < -0.3 is 10.1 Å². The Morgan fingerprint density at radius 1 is 1.28 bits per heavy atom. The first kappa shape index (κ1) is 13.4. The Hall–Kier alpha value is -1.00. The van der Waals surface area contributed by atoms with E-state index in [-0.39, 0.29) is 0 Å². The van der Waals surface area contributed by atoms with Crippen molar-refractivity contribution < 1.29 is 4.74 Å². The van der Waals surface area contributed by atoms with Crippen LogP contribution >= 0.6 is 27.3 Å². The summed E-state index contributed by atoms with van der Waals surface area (Å²) < 4.78 is 6.71. The molecule has 2 rings (SSSR count). The van der Waals surface area contributed by atoms with Crippen molar-refractivity contribution in [3.8, 4) is 5.75 Å². The van der Waals surface area contributed by atoms with Gasteiger partial charge in [-0.05, 0) is 63.6 Å². The highest BCUT2D eigenvalue weighted by Gasteiger charge is 1.98. The molecular weight excluding hydrogens is 310 g/mol. The van der Waals surface area contributed by atoms with E-state index in [1.54, 1.807) is 11.3 Å². The largest absolute Gasteiger partial charge is 0.494 e. The van der Waals surface area contributed by atoms with Gasteiger partial charge >= 0.3 is 0 Å². The van der Waals surface area contributed by atoms with Crippen molar-refractivity contribution in [1.29, 1.82) is 0 Å². The molecule has 0 saturated carbocycles. The molecule has 0 spiro atoms. The van der Waals surface area contributed by atoms with E-state index < -0.39 is 0 Å². The molecule has 0 aliphatic heterocycles. The summed E-state index contributed by atoms with van der Waals surface area (Å²) in [5.74, 6) is 0.931. The zero-order valence-corrected chi connectivity index (χ0v) is 12.7. The van der Waals surface area contributed by atoms with Crippen molar-refractivity contribution in [3.63, 3.8) is 0 Å². The van der Waals surface area contributed by atoms with Crippen LogP contribution in [0.2, 0.25) is 0 Å². The molecule has 0 fully saturated rings. The van der Waals surface area contributed by atoms with Crippen LogP contribution in [0.4, 0.5) is 5.69 Å². The molecule has 1 aromatic carbocycles. The molecule has 0 aliphatic rings. The van der Waals surface area contributed by atoms with Crippen LogP contribution in [0.1, 0.15) is 18.9 Å². The minimum absolute atomic E-state index is 0.774. The Morgan fingerprint density at radius 2 is 2.06 bits per heavy atom. The molecule has 0 aliphatic carbocycles. The van der Waals surface area contributed by atoms with Gasteiger partial charge in [0, 0.05) is 12.2 Å². The quantitative estimate of drug-likeness (QED) is 0.814. The molecule has 1 heterocycles. The van der Waals surface area contributed by atoms with E-state index in [1.807, 2.05) is 24.3 Å². The summed E-state index contributed by atoms with van der Waals surface area (Å²) in [6.45, 7) is 3.72. The highest BCUT2D eigenvalue weighted by atomic mass is 79.9. The summed E-state index contributed by atoms with van der Waals surface area (Å²) >= 11 is 5.17. The fraction of sp³-hybridized carbons (Fsp3) is 0.286. The molecule has 0 radical (unpaired) electrons. The summed E-state index contributed by atoms with van der Waals surface area (Å²) in [7, 11) is 0. The van der Waals surface area contributed by atoms with Crippen LogP contribution in [0, 0.1) is 0 Å². The summed E-state index contributed by atoms with van der Waals surface area (Å²) in [5, 5.41) is 5.54. The van der Waals surface area contributed by atoms with Crippen LogP contribution in [0.3, 0.4) is 0 Å². The molecule has 4 heteroatoms. The third-order valence-electron chi connectivity index (χ3n) is 2.45. The number of rotatable bonds is 6. The number of thiophene rings is 1. The van der Waals surface area contributed by atoms with Crippen molar-refractivity contribution in [1.82, 2.24) is 0 Å². The fourth-order valence-corrected chi connectivity index (χ4v) is 2.74. The fourth-order valence-electron chi connectivity index (χ4n) is 1.53. The van der Waals surface area contributed by atoms with Crippen LogP contribution in [-0.2, 0) is 6.54 Å². The SMILES string of the molecule is CCCOc1ccc(NCc2csc(Br)c2)cc1. The first-order valence-corrected chi connectivity index (χ1v) is 7.65. The third kappa shape index (κ3) is 4.03. The monoisotopic (exact) mass is 325 g/mol. The molecule has 2 nitrogen and oxygen atoms in total. The lowest BCUT2D eigenvalue weighted by molar-refractivity contribution is 0.317. The molecule has 18 heavy (non-hydrogen) atoms. The molecule has 0 bridgehead atoms. The maximum absolute atomic E-state index is 5.54. The van der Waals surface area contributed by atoms with Crippen LogP contribution in [0.5, 0.6) is 5.75 Å². The van der Waals surface area contributed by atoms with Gasteiger partial charge in [0.15, 0.2) is 0 Å². The average molecular weight is 326 g/mol. The Morgan fingerprint density at radius 3 is 2.67 bits per heavy atom. The summed E-state index contributed by atoms with van der Waals surface area (Å²) in [6.07, 6.45) is 1.03. The summed E-state index contributed by atoms with van der Waals surface area (Å²) in [6, 6.07) is 10.2. The second-order valence-corrected chi connectivity index (χ2v) is 6.28. The number of hydrogen-bond acceptors (Lipinski definition) is 3. The number of nitrogens with one attached hydrogen (secondary N) is 1.